The summed E-state index contributed by atoms with van der Waals surface area (Å²) in [6.45, 7) is 2.05. The van der Waals surface area contributed by atoms with Crippen LogP contribution >= 0.6 is 0 Å². The average Bonchev–Trinajstić information content (AvgIpc) is 2.22. The van der Waals surface area contributed by atoms with Gasteiger partial charge in [-0.05, 0) is 18.6 Å². The molecule has 0 saturated carbocycles. The van der Waals surface area contributed by atoms with Gasteiger partial charge in [-0.15, -0.1) is 0 Å². The van der Waals surface area contributed by atoms with Gasteiger partial charge in [-0.1, -0.05) is 12.1 Å². The van der Waals surface area contributed by atoms with Crippen LogP contribution in [-0.4, -0.2) is 24.3 Å². The predicted octanol–water partition coefficient (Wildman–Crippen LogP) is 1.12. The number of carbonyl (C=O) groups is 1. The smallest absolute Gasteiger partial charge is 0.340 e. The summed E-state index contributed by atoms with van der Waals surface area (Å²) < 4.78 is 4.93. The normalized spacial score (nSPS) is 10.0. The van der Waals surface area contributed by atoms with E-state index in [0.29, 0.717) is 17.7 Å². The van der Waals surface area contributed by atoms with Crippen LogP contribution in [0.3, 0.4) is 0 Å². The number of carbonyl (C=O) groups excluding carboxylic acids is 1. The first-order valence-corrected chi connectivity index (χ1v) is 4.80. The molecule has 0 amide bonds. The number of rotatable bonds is 4. The minimum absolute atomic E-state index is 0.0105. The van der Waals surface area contributed by atoms with Crippen LogP contribution in [0, 0.1) is 6.92 Å². The molecule has 0 aliphatic carbocycles. The first-order chi connectivity index (χ1) is 7.16. The van der Waals surface area contributed by atoms with Crippen LogP contribution in [0.2, 0.25) is 0 Å². The third-order valence-corrected chi connectivity index (χ3v) is 2.08. The number of para-hydroxylation sites is 1. The van der Waals surface area contributed by atoms with E-state index in [9.17, 15) is 4.79 Å². The molecule has 0 atom stereocenters. The van der Waals surface area contributed by atoms with Gasteiger partial charge in [0.15, 0.2) is 0 Å². The van der Waals surface area contributed by atoms with Crippen LogP contribution < -0.4 is 5.73 Å². The van der Waals surface area contributed by atoms with Crippen LogP contribution in [0.25, 0.3) is 0 Å². The van der Waals surface area contributed by atoms with E-state index in [1.165, 1.54) is 0 Å². The van der Waals surface area contributed by atoms with Crippen LogP contribution in [0.5, 0.6) is 0 Å². The first-order valence-electron chi connectivity index (χ1n) is 4.80. The van der Waals surface area contributed by atoms with Crippen molar-refractivity contribution >= 4 is 11.7 Å². The summed E-state index contributed by atoms with van der Waals surface area (Å²) in [5.41, 5.74) is 7.42. The van der Waals surface area contributed by atoms with Crippen molar-refractivity contribution < 1.29 is 14.6 Å². The van der Waals surface area contributed by atoms with Crippen molar-refractivity contribution in [1.29, 1.82) is 0 Å². The Morgan fingerprint density at radius 3 is 2.93 bits per heavy atom. The number of aliphatic hydroxyl groups is 1. The van der Waals surface area contributed by atoms with E-state index >= 15 is 0 Å². The Kier molecular flexibility index (Phi) is 4.12. The summed E-state index contributed by atoms with van der Waals surface area (Å²) in [6.07, 6.45) is 0.442. The zero-order valence-electron chi connectivity index (χ0n) is 8.69. The molecule has 0 heterocycles. The molecule has 0 aromatic heterocycles. The molecule has 1 aromatic rings. The number of anilines is 1. The third-order valence-electron chi connectivity index (χ3n) is 2.08. The molecular formula is C11H15NO3. The zero-order valence-corrected chi connectivity index (χ0v) is 8.69. The number of nitrogen functional groups attached to an aromatic ring is 1. The third kappa shape index (κ3) is 2.95. The summed E-state index contributed by atoms with van der Waals surface area (Å²) >= 11 is 0. The SMILES string of the molecule is Cc1cccc(C(=O)OCCCO)c1N. The monoisotopic (exact) mass is 209 g/mol. The van der Waals surface area contributed by atoms with Crippen molar-refractivity contribution in [2.75, 3.05) is 18.9 Å². The van der Waals surface area contributed by atoms with E-state index < -0.39 is 5.97 Å². The zero-order chi connectivity index (χ0) is 11.3. The molecule has 0 saturated heterocycles. The molecule has 0 spiro atoms. The molecular weight excluding hydrogens is 194 g/mol. The topological polar surface area (TPSA) is 72.5 Å². The lowest BCUT2D eigenvalue weighted by molar-refractivity contribution is 0.0483. The Labute approximate surface area is 88.7 Å². The molecule has 0 aliphatic heterocycles. The first kappa shape index (κ1) is 11.5. The highest BCUT2D eigenvalue weighted by Crippen LogP contribution is 2.17. The number of aryl methyl sites for hydroxylation is 1. The molecule has 4 heteroatoms. The van der Waals surface area contributed by atoms with E-state index in [0.717, 1.165) is 5.56 Å². The van der Waals surface area contributed by atoms with Crippen molar-refractivity contribution in [2.45, 2.75) is 13.3 Å². The fourth-order valence-electron chi connectivity index (χ4n) is 1.17. The van der Waals surface area contributed by atoms with Gasteiger partial charge < -0.3 is 15.6 Å². The van der Waals surface area contributed by atoms with E-state index in [1.54, 1.807) is 12.1 Å². The van der Waals surface area contributed by atoms with Gasteiger partial charge in [0.1, 0.15) is 0 Å². The highest BCUT2D eigenvalue weighted by molar-refractivity contribution is 5.95. The summed E-state index contributed by atoms with van der Waals surface area (Å²) in [6, 6.07) is 5.22. The number of hydrogen-bond donors (Lipinski definition) is 2. The van der Waals surface area contributed by atoms with Gasteiger partial charge >= 0.3 is 5.97 Å². The Bertz CT molecular complexity index is 350. The maximum Gasteiger partial charge on any atom is 0.340 e. The van der Waals surface area contributed by atoms with E-state index in [-0.39, 0.29) is 13.2 Å². The van der Waals surface area contributed by atoms with Crippen molar-refractivity contribution in [3.8, 4) is 0 Å². The lowest BCUT2D eigenvalue weighted by Gasteiger charge is -2.07. The quantitative estimate of drug-likeness (QED) is 0.442. The minimum Gasteiger partial charge on any atom is -0.462 e. The maximum atomic E-state index is 11.5. The Morgan fingerprint density at radius 2 is 2.27 bits per heavy atom. The van der Waals surface area contributed by atoms with Gasteiger partial charge in [0.2, 0.25) is 0 Å². The molecule has 4 nitrogen and oxygen atoms in total. The molecule has 82 valence electrons. The van der Waals surface area contributed by atoms with Gasteiger partial charge in [-0.3, -0.25) is 0 Å². The Balaban J connectivity index is 2.69. The fourth-order valence-corrected chi connectivity index (χ4v) is 1.17. The summed E-state index contributed by atoms with van der Waals surface area (Å²) in [7, 11) is 0. The number of aliphatic hydroxyl groups excluding tert-OH is 1. The molecule has 0 aliphatic rings. The molecule has 0 unspecified atom stereocenters. The van der Waals surface area contributed by atoms with Gasteiger partial charge in [-0.2, -0.15) is 0 Å². The number of esters is 1. The predicted molar refractivity (Wildman–Crippen MR) is 57.6 cm³/mol. The molecule has 3 N–H and O–H groups in total. The molecule has 0 radical (unpaired) electrons. The summed E-state index contributed by atoms with van der Waals surface area (Å²) in [4.78, 5) is 11.5. The van der Waals surface area contributed by atoms with E-state index in [1.807, 2.05) is 13.0 Å². The number of hydrogen-bond acceptors (Lipinski definition) is 4. The average molecular weight is 209 g/mol. The van der Waals surface area contributed by atoms with Crippen LogP contribution in [0.1, 0.15) is 22.3 Å². The number of nitrogens with two attached hydrogens (primary N) is 1. The van der Waals surface area contributed by atoms with Crippen molar-refractivity contribution in [2.24, 2.45) is 0 Å². The Hall–Kier alpha value is -1.55. The molecule has 15 heavy (non-hydrogen) atoms. The number of benzene rings is 1. The summed E-state index contributed by atoms with van der Waals surface area (Å²) in [5, 5.41) is 8.53. The van der Waals surface area contributed by atoms with Crippen molar-refractivity contribution in [1.82, 2.24) is 0 Å². The second kappa shape index (κ2) is 5.36. The van der Waals surface area contributed by atoms with Crippen LogP contribution in [0.4, 0.5) is 5.69 Å². The molecule has 1 rings (SSSR count). The van der Waals surface area contributed by atoms with Crippen LogP contribution in [0.15, 0.2) is 18.2 Å². The fraction of sp³-hybridized carbons (Fsp3) is 0.364. The van der Waals surface area contributed by atoms with Gasteiger partial charge in [0.25, 0.3) is 0 Å². The van der Waals surface area contributed by atoms with Crippen molar-refractivity contribution in [3.05, 3.63) is 29.3 Å². The van der Waals surface area contributed by atoms with Crippen molar-refractivity contribution in [3.63, 3.8) is 0 Å². The highest BCUT2D eigenvalue weighted by Gasteiger charge is 2.11. The second-order valence-electron chi connectivity index (χ2n) is 3.25. The lowest BCUT2D eigenvalue weighted by Crippen LogP contribution is -2.10. The highest BCUT2D eigenvalue weighted by atomic mass is 16.5. The maximum absolute atomic E-state index is 11.5. The van der Waals surface area contributed by atoms with Gasteiger partial charge in [-0.25, -0.2) is 4.79 Å². The van der Waals surface area contributed by atoms with Gasteiger partial charge in [0.05, 0.1) is 12.2 Å². The van der Waals surface area contributed by atoms with E-state index in [4.69, 9.17) is 15.6 Å². The number of ether oxygens (including phenoxy) is 1. The largest absolute Gasteiger partial charge is 0.462 e. The molecule has 0 fully saturated rings. The van der Waals surface area contributed by atoms with E-state index in [2.05, 4.69) is 0 Å². The second-order valence-corrected chi connectivity index (χ2v) is 3.25. The molecule has 0 bridgehead atoms. The lowest BCUT2D eigenvalue weighted by atomic mass is 10.1. The minimum atomic E-state index is -0.440. The standard InChI is InChI=1S/C11H15NO3/c1-8-4-2-5-9(10(8)12)11(14)15-7-3-6-13/h2,4-5,13H,3,6-7,12H2,1H3. The van der Waals surface area contributed by atoms with Crippen LogP contribution in [-0.2, 0) is 4.74 Å². The molecule has 1 aromatic carbocycles. The summed E-state index contributed by atoms with van der Waals surface area (Å²) in [5.74, 6) is -0.440. The van der Waals surface area contributed by atoms with Gasteiger partial charge in [0, 0.05) is 18.7 Å². The Morgan fingerprint density at radius 1 is 1.53 bits per heavy atom.